The summed E-state index contributed by atoms with van der Waals surface area (Å²) in [6.45, 7) is 0.896. The minimum absolute atomic E-state index is 0.0726. The van der Waals surface area contributed by atoms with Gasteiger partial charge >= 0.3 is 0 Å². The van der Waals surface area contributed by atoms with Gasteiger partial charge in [-0.05, 0) is 79.4 Å². The smallest absolute Gasteiger partial charge is 0.193 e. The summed E-state index contributed by atoms with van der Waals surface area (Å²) >= 11 is 0. The maximum atomic E-state index is 13.2. The van der Waals surface area contributed by atoms with E-state index in [1.807, 2.05) is 24.3 Å². The van der Waals surface area contributed by atoms with Crippen LogP contribution in [0, 0.1) is 5.82 Å². The molecule has 1 aromatic heterocycles. The number of fused-ring (bicyclic) bond motifs is 3. The molecule has 1 heterocycles. The van der Waals surface area contributed by atoms with Crippen LogP contribution >= 0.6 is 0 Å². The Bertz CT molecular complexity index is 1250. The van der Waals surface area contributed by atoms with Gasteiger partial charge in [-0.15, -0.1) is 0 Å². The van der Waals surface area contributed by atoms with E-state index in [2.05, 4.69) is 34.6 Å². The molecule has 4 N–H and O–H groups in total. The fourth-order valence-corrected chi connectivity index (χ4v) is 4.69. The molecule has 162 valence electrons. The van der Waals surface area contributed by atoms with E-state index in [0.29, 0.717) is 11.1 Å². The minimum Gasteiger partial charge on any atom is -0.357 e. The summed E-state index contributed by atoms with van der Waals surface area (Å²) in [6.07, 6.45) is 2.71. The van der Waals surface area contributed by atoms with E-state index in [1.54, 1.807) is 0 Å². The van der Waals surface area contributed by atoms with Crippen LogP contribution < -0.4 is 11.1 Å². The number of H-pyrrole nitrogens is 1. The van der Waals surface area contributed by atoms with E-state index in [1.165, 1.54) is 35.4 Å². The van der Waals surface area contributed by atoms with Gasteiger partial charge in [-0.1, -0.05) is 30.3 Å². The van der Waals surface area contributed by atoms with E-state index >= 15 is 0 Å². The van der Waals surface area contributed by atoms with Gasteiger partial charge in [0.25, 0.3) is 0 Å². The highest BCUT2D eigenvalue weighted by atomic mass is 19.1. The summed E-state index contributed by atoms with van der Waals surface area (Å²) < 4.78 is 13.2. The van der Waals surface area contributed by atoms with E-state index in [0.717, 1.165) is 42.4 Å². The molecule has 0 spiro atoms. The van der Waals surface area contributed by atoms with Gasteiger partial charge < -0.3 is 16.0 Å². The number of hydrogen-bond donors (Lipinski definition) is 3. The molecule has 0 saturated carbocycles. The van der Waals surface area contributed by atoms with Crippen molar-refractivity contribution in [2.75, 3.05) is 6.54 Å². The van der Waals surface area contributed by atoms with Crippen LogP contribution in [0.25, 0.3) is 10.9 Å². The Hall–Kier alpha value is -3.28. The second-order valence-electron chi connectivity index (χ2n) is 8.55. The van der Waals surface area contributed by atoms with Crippen LogP contribution in [0.2, 0.25) is 0 Å². The van der Waals surface area contributed by atoms with E-state index in [-0.39, 0.29) is 23.7 Å². The third-order valence-corrected chi connectivity index (χ3v) is 6.36. The Kier molecular flexibility index (Phi) is 5.60. The fraction of sp³-hybridized carbons (Fsp3) is 0.222. The zero-order valence-electron chi connectivity index (χ0n) is 17.8. The van der Waals surface area contributed by atoms with Crippen LogP contribution in [0.4, 0.5) is 4.39 Å². The molecule has 0 fully saturated rings. The molecule has 2 atom stereocenters. The van der Waals surface area contributed by atoms with Crippen molar-refractivity contribution >= 4 is 16.7 Å². The summed E-state index contributed by atoms with van der Waals surface area (Å²) in [7, 11) is 0. The third-order valence-electron chi connectivity index (χ3n) is 6.36. The Morgan fingerprint density at radius 2 is 1.78 bits per heavy atom. The highest BCUT2D eigenvalue weighted by Gasteiger charge is 2.28. The molecular weight excluding hydrogens is 401 g/mol. The first kappa shape index (κ1) is 20.6. The van der Waals surface area contributed by atoms with Crippen molar-refractivity contribution in [2.45, 2.75) is 31.3 Å². The molecule has 0 amide bonds. The fourth-order valence-electron chi connectivity index (χ4n) is 4.69. The molecule has 4 nitrogen and oxygen atoms in total. The monoisotopic (exact) mass is 427 g/mol. The topological polar surface area (TPSA) is 70.9 Å². The lowest BCUT2D eigenvalue weighted by Crippen LogP contribution is -2.39. The molecule has 0 aliphatic heterocycles. The minimum atomic E-state index is -0.350. The van der Waals surface area contributed by atoms with Crippen molar-refractivity contribution in [1.29, 1.82) is 0 Å². The second-order valence-corrected chi connectivity index (χ2v) is 8.55. The van der Waals surface area contributed by atoms with Crippen molar-refractivity contribution in [3.63, 3.8) is 0 Å². The first-order chi connectivity index (χ1) is 15.6. The largest absolute Gasteiger partial charge is 0.357 e. The maximum absolute atomic E-state index is 13.2. The molecule has 5 heteroatoms. The van der Waals surface area contributed by atoms with Crippen molar-refractivity contribution < 1.29 is 9.18 Å². The number of aromatic nitrogens is 1. The van der Waals surface area contributed by atoms with Gasteiger partial charge in [-0.2, -0.15) is 0 Å². The van der Waals surface area contributed by atoms with E-state index < -0.39 is 0 Å². The number of halogens is 1. The zero-order chi connectivity index (χ0) is 22.1. The normalized spacial score (nSPS) is 17.9. The number of aromatic amines is 1. The van der Waals surface area contributed by atoms with Gasteiger partial charge in [0.2, 0.25) is 0 Å². The van der Waals surface area contributed by atoms with Crippen molar-refractivity contribution in [2.24, 2.45) is 5.73 Å². The molecular formula is C27H26FN3O. The molecule has 1 aliphatic rings. The summed E-state index contributed by atoms with van der Waals surface area (Å²) in [5.74, 6) is -0.462. The first-order valence-corrected chi connectivity index (χ1v) is 11.1. The summed E-state index contributed by atoms with van der Waals surface area (Å²) in [4.78, 5) is 16.4. The number of nitrogens with one attached hydrogen (secondary N) is 2. The van der Waals surface area contributed by atoms with Crippen LogP contribution in [-0.4, -0.2) is 23.4 Å². The lowest BCUT2D eigenvalue weighted by molar-refractivity contribution is 0.103. The number of nitrogens with two attached hydrogens (primary N) is 1. The average Bonchev–Trinajstić information content (AvgIpc) is 3.18. The van der Waals surface area contributed by atoms with Crippen LogP contribution in [-0.2, 0) is 12.8 Å². The first-order valence-electron chi connectivity index (χ1n) is 11.1. The number of ketones is 1. The highest BCUT2D eigenvalue weighted by molar-refractivity contribution is 6.10. The van der Waals surface area contributed by atoms with Gasteiger partial charge in [0, 0.05) is 39.8 Å². The SMILES string of the molecule is NC1CC(NCCc2ccccc2)Cc2c1[nH]c1ccc(C(=O)c3ccc(F)cc3)cc21. The molecule has 0 saturated heterocycles. The van der Waals surface area contributed by atoms with Crippen LogP contribution in [0.15, 0.2) is 72.8 Å². The van der Waals surface area contributed by atoms with Gasteiger partial charge in [-0.3, -0.25) is 4.79 Å². The van der Waals surface area contributed by atoms with Gasteiger partial charge in [0.15, 0.2) is 5.78 Å². The van der Waals surface area contributed by atoms with Crippen molar-refractivity contribution in [1.82, 2.24) is 10.3 Å². The molecule has 5 rings (SSSR count). The number of carbonyl (C=O) groups is 1. The summed E-state index contributed by atoms with van der Waals surface area (Å²) in [5, 5.41) is 4.71. The molecule has 4 aromatic rings. The van der Waals surface area contributed by atoms with Gasteiger partial charge in [0.05, 0.1) is 0 Å². The van der Waals surface area contributed by atoms with Crippen LogP contribution in [0.1, 0.15) is 45.2 Å². The predicted molar refractivity (Wildman–Crippen MR) is 125 cm³/mol. The number of carbonyl (C=O) groups excluding carboxylic acids is 1. The Morgan fingerprint density at radius 3 is 2.56 bits per heavy atom. The quantitative estimate of drug-likeness (QED) is 0.391. The Morgan fingerprint density at radius 1 is 1.03 bits per heavy atom. The second kappa shape index (κ2) is 8.69. The Balaban J connectivity index is 1.37. The standard InChI is InChI=1S/C27H26FN3O/c28-20-9-6-18(7-10-20)27(32)19-8-11-25-22(14-19)23-15-21(16-24(29)26(23)31-25)30-13-12-17-4-2-1-3-5-17/h1-11,14,21,24,30-31H,12-13,15-16,29H2. The number of hydrogen-bond acceptors (Lipinski definition) is 3. The van der Waals surface area contributed by atoms with Crippen molar-refractivity contribution in [3.05, 3.63) is 107 Å². The summed E-state index contributed by atoms with van der Waals surface area (Å²) in [5.41, 5.74) is 12.1. The molecule has 1 aliphatic carbocycles. The third kappa shape index (κ3) is 4.09. The predicted octanol–water partition coefficient (Wildman–Crippen LogP) is 4.68. The molecule has 32 heavy (non-hydrogen) atoms. The van der Waals surface area contributed by atoms with Gasteiger partial charge in [-0.25, -0.2) is 4.39 Å². The van der Waals surface area contributed by atoms with E-state index in [9.17, 15) is 9.18 Å². The van der Waals surface area contributed by atoms with Crippen molar-refractivity contribution in [3.8, 4) is 0 Å². The summed E-state index contributed by atoms with van der Waals surface area (Å²) in [6, 6.07) is 22.0. The lowest BCUT2D eigenvalue weighted by atomic mass is 9.87. The average molecular weight is 428 g/mol. The molecule has 0 bridgehead atoms. The molecule has 0 radical (unpaired) electrons. The van der Waals surface area contributed by atoms with E-state index in [4.69, 9.17) is 5.73 Å². The lowest BCUT2D eigenvalue weighted by Gasteiger charge is -2.28. The number of rotatable bonds is 6. The van der Waals surface area contributed by atoms with Crippen LogP contribution in [0.5, 0.6) is 0 Å². The highest BCUT2D eigenvalue weighted by Crippen LogP contribution is 2.34. The maximum Gasteiger partial charge on any atom is 0.193 e. The molecule has 2 unspecified atom stereocenters. The zero-order valence-corrected chi connectivity index (χ0v) is 17.8. The molecule has 3 aromatic carbocycles. The van der Waals surface area contributed by atoms with Gasteiger partial charge in [0.1, 0.15) is 5.82 Å². The number of benzene rings is 3. The Labute approximate surface area is 186 Å². The van der Waals surface area contributed by atoms with Crippen LogP contribution in [0.3, 0.4) is 0 Å².